The number of aliphatic hydroxyl groups excluding tert-OH is 1. The fourth-order valence-corrected chi connectivity index (χ4v) is 6.84. The molecule has 1 saturated carbocycles. The van der Waals surface area contributed by atoms with Crippen molar-refractivity contribution < 1.29 is 42.2 Å². The number of carboxylic acids is 1. The van der Waals surface area contributed by atoms with E-state index in [9.17, 15) is 27.9 Å². The number of Topliss-reactive ketones (excluding diaryl/α,β-unsaturated/α-hetero) is 1. The van der Waals surface area contributed by atoms with Crippen LogP contribution in [0.15, 0.2) is 36.4 Å². The van der Waals surface area contributed by atoms with Gasteiger partial charge in [-0.3, -0.25) is 9.59 Å². The Labute approximate surface area is 255 Å². The molecule has 3 aliphatic rings. The zero-order chi connectivity index (χ0) is 32.1. The molecule has 2 aromatic carbocycles. The van der Waals surface area contributed by atoms with E-state index in [0.717, 1.165) is 0 Å². The maximum absolute atomic E-state index is 15.7. The Bertz CT molecular complexity index is 1420. The van der Waals surface area contributed by atoms with Crippen LogP contribution in [0.4, 0.5) is 23.2 Å². The molecule has 1 aliphatic carbocycles. The molecule has 234 valence electrons. The molecule has 0 unspecified atom stereocenters. The van der Waals surface area contributed by atoms with E-state index in [2.05, 4.69) is 31.4 Å². The van der Waals surface area contributed by atoms with Crippen LogP contribution in [0.3, 0.4) is 0 Å². The topological polar surface area (TPSA) is 116 Å². The van der Waals surface area contributed by atoms with Crippen LogP contribution in [-0.4, -0.2) is 52.2 Å². The van der Waals surface area contributed by atoms with Crippen LogP contribution in [0.2, 0.25) is 10.0 Å². The molecule has 2 fully saturated rings. The normalized spacial score (nSPS) is 28.0. The fraction of sp³-hybridized carbons (Fsp3) is 0.500. The minimum atomic E-state index is -5.08. The summed E-state index contributed by atoms with van der Waals surface area (Å²) >= 11 is 12.5. The Hall–Kier alpha value is -2.73. The Morgan fingerprint density at radius 2 is 1.72 bits per heavy atom. The van der Waals surface area contributed by atoms with E-state index in [4.69, 9.17) is 33.1 Å². The molecule has 2 aromatic rings. The van der Waals surface area contributed by atoms with Gasteiger partial charge in [-0.05, 0) is 59.9 Å². The zero-order valence-electron chi connectivity index (χ0n) is 23.6. The van der Waals surface area contributed by atoms with Crippen LogP contribution in [0, 0.1) is 17.2 Å². The first kappa shape index (κ1) is 33.2. The molecule has 1 spiro atoms. The second-order valence-electron chi connectivity index (χ2n) is 12.6. The molecule has 4 N–H and O–H groups in total. The van der Waals surface area contributed by atoms with Gasteiger partial charge >= 0.3 is 12.1 Å². The molecular formula is C30H32Cl2F4N2O5. The number of aliphatic hydroxyl groups is 1. The van der Waals surface area contributed by atoms with E-state index in [1.54, 1.807) is 24.3 Å². The maximum Gasteiger partial charge on any atom is 0.490 e. The van der Waals surface area contributed by atoms with Gasteiger partial charge in [0.15, 0.2) is 5.78 Å². The summed E-state index contributed by atoms with van der Waals surface area (Å²) in [5.41, 5.74) is 0.107. The van der Waals surface area contributed by atoms with Crippen molar-refractivity contribution >= 4 is 46.5 Å². The van der Waals surface area contributed by atoms with E-state index in [-0.39, 0.29) is 46.1 Å². The number of carbonyl (C=O) groups excluding carboxylic acids is 2. The Kier molecular flexibility index (Phi) is 9.25. The summed E-state index contributed by atoms with van der Waals surface area (Å²) < 4.78 is 47.4. The predicted octanol–water partition coefficient (Wildman–Crippen LogP) is 6.25. The van der Waals surface area contributed by atoms with E-state index >= 15 is 4.39 Å². The number of hydrogen-bond acceptors (Lipinski definition) is 5. The smallest absolute Gasteiger partial charge is 0.475 e. The van der Waals surface area contributed by atoms with Crippen molar-refractivity contribution in [1.29, 1.82) is 0 Å². The quantitative estimate of drug-likeness (QED) is 0.286. The van der Waals surface area contributed by atoms with Gasteiger partial charge in [-0.1, -0.05) is 62.2 Å². The molecule has 13 heteroatoms. The third kappa shape index (κ3) is 6.55. The van der Waals surface area contributed by atoms with Gasteiger partial charge in [0.25, 0.3) is 0 Å². The van der Waals surface area contributed by atoms with Crippen LogP contribution in [0.5, 0.6) is 0 Å². The third-order valence-corrected chi connectivity index (χ3v) is 8.76. The first-order valence-electron chi connectivity index (χ1n) is 13.7. The summed E-state index contributed by atoms with van der Waals surface area (Å²) in [6.45, 7) is 6.24. The molecule has 4 atom stereocenters. The second-order valence-corrected chi connectivity index (χ2v) is 13.4. The summed E-state index contributed by atoms with van der Waals surface area (Å²) in [6, 6.07) is 8.77. The summed E-state index contributed by atoms with van der Waals surface area (Å²) in [5, 5.41) is 23.8. The van der Waals surface area contributed by atoms with E-state index in [0.29, 0.717) is 35.5 Å². The second kappa shape index (κ2) is 12.0. The highest BCUT2D eigenvalue weighted by Crippen LogP contribution is 2.57. The van der Waals surface area contributed by atoms with Gasteiger partial charge in [0.2, 0.25) is 5.91 Å². The average Bonchev–Trinajstić information content (AvgIpc) is 3.33. The van der Waals surface area contributed by atoms with Crippen molar-refractivity contribution in [3.8, 4) is 0 Å². The largest absolute Gasteiger partial charge is 0.490 e. The number of ketones is 1. The lowest BCUT2D eigenvalue weighted by atomic mass is 9.62. The van der Waals surface area contributed by atoms with E-state index in [1.807, 2.05) is 6.07 Å². The number of benzene rings is 2. The molecule has 43 heavy (non-hydrogen) atoms. The number of rotatable bonds is 5. The molecule has 0 radical (unpaired) electrons. The highest BCUT2D eigenvalue weighted by molar-refractivity contribution is 6.31. The van der Waals surface area contributed by atoms with Gasteiger partial charge in [0, 0.05) is 29.1 Å². The Morgan fingerprint density at radius 3 is 2.28 bits per heavy atom. The lowest BCUT2D eigenvalue weighted by Crippen LogP contribution is -2.49. The number of carboxylic acid groups (broad SMARTS) is 1. The summed E-state index contributed by atoms with van der Waals surface area (Å²) in [4.78, 5) is 36.8. The van der Waals surface area contributed by atoms with Crippen LogP contribution < -0.4 is 10.6 Å². The SMILES string of the molecule is CC(C)(C)C[C@H]1N[C@@H](C(=O)CC2CC(O)C2)[C@H](c2cccc(Cl)c2F)[C@@]12C(=O)Nc1cc(Cl)ccc12.O=C(O)C(F)(F)F. The van der Waals surface area contributed by atoms with Crippen molar-refractivity contribution in [2.24, 2.45) is 11.3 Å². The minimum Gasteiger partial charge on any atom is -0.475 e. The van der Waals surface area contributed by atoms with Gasteiger partial charge in [0.1, 0.15) is 11.2 Å². The highest BCUT2D eigenvalue weighted by atomic mass is 35.5. The monoisotopic (exact) mass is 646 g/mol. The fourth-order valence-electron chi connectivity index (χ4n) is 6.48. The third-order valence-electron chi connectivity index (χ3n) is 8.23. The molecule has 2 aliphatic heterocycles. The maximum atomic E-state index is 15.7. The molecule has 1 amide bonds. The molecular weight excluding hydrogens is 615 g/mol. The van der Waals surface area contributed by atoms with E-state index < -0.39 is 41.4 Å². The minimum absolute atomic E-state index is 0.0510. The van der Waals surface area contributed by atoms with E-state index in [1.165, 1.54) is 6.07 Å². The van der Waals surface area contributed by atoms with Gasteiger partial charge < -0.3 is 20.8 Å². The molecule has 2 heterocycles. The molecule has 0 bridgehead atoms. The van der Waals surface area contributed by atoms with Gasteiger partial charge in [0.05, 0.1) is 17.2 Å². The van der Waals surface area contributed by atoms with Crippen LogP contribution >= 0.6 is 23.2 Å². The number of amides is 1. The number of carbonyl (C=O) groups is 3. The number of aliphatic carboxylic acids is 1. The molecule has 1 saturated heterocycles. The highest BCUT2D eigenvalue weighted by Gasteiger charge is 2.66. The number of alkyl halides is 3. The first-order chi connectivity index (χ1) is 19.9. The van der Waals surface area contributed by atoms with Crippen LogP contribution in [0.25, 0.3) is 0 Å². The predicted molar refractivity (Wildman–Crippen MR) is 153 cm³/mol. The van der Waals surface area contributed by atoms with Crippen LogP contribution in [0.1, 0.15) is 63.5 Å². The Morgan fingerprint density at radius 1 is 1.09 bits per heavy atom. The standard InChI is InChI=1S/C28H31Cl2FN2O3.C2HF3O2/c1-27(2,3)13-22-28(18-8-7-15(29)12-20(18)32-26(28)36)23(17-5-4-6-19(30)24(17)31)25(33-22)21(35)11-14-9-16(34)10-14;3-2(4,5)1(6)7/h4-8,12,14,16,22-23,25,33-34H,9-11,13H2,1-3H3,(H,32,36);(H,6,7)/t14?,16?,22-,23+,25+,28+;/m1./s1. The van der Waals surface area contributed by atoms with Crippen molar-refractivity contribution in [3.05, 3.63) is 63.4 Å². The average molecular weight is 647 g/mol. The van der Waals surface area contributed by atoms with Gasteiger partial charge in [-0.2, -0.15) is 13.2 Å². The lowest BCUT2D eigenvalue weighted by Gasteiger charge is -2.38. The van der Waals surface area contributed by atoms with Gasteiger partial charge in [-0.15, -0.1) is 0 Å². The molecule has 7 nitrogen and oxygen atoms in total. The lowest BCUT2D eigenvalue weighted by molar-refractivity contribution is -0.192. The number of hydrogen-bond donors (Lipinski definition) is 4. The van der Waals surface area contributed by atoms with Crippen molar-refractivity contribution in [2.75, 3.05) is 5.32 Å². The van der Waals surface area contributed by atoms with Crippen LogP contribution in [-0.2, 0) is 19.8 Å². The van der Waals surface area contributed by atoms with Crippen molar-refractivity contribution in [2.45, 2.75) is 82.2 Å². The first-order valence-corrected chi connectivity index (χ1v) is 14.4. The van der Waals surface area contributed by atoms with Crippen molar-refractivity contribution in [1.82, 2.24) is 5.32 Å². The number of nitrogens with one attached hydrogen (secondary N) is 2. The van der Waals surface area contributed by atoms with Gasteiger partial charge in [-0.25, -0.2) is 9.18 Å². The summed E-state index contributed by atoms with van der Waals surface area (Å²) in [5.74, 6) is -4.47. The van der Waals surface area contributed by atoms with Crippen molar-refractivity contribution in [3.63, 3.8) is 0 Å². The summed E-state index contributed by atoms with van der Waals surface area (Å²) in [6.07, 6.45) is -3.47. The summed E-state index contributed by atoms with van der Waals surface area (Å²) in [7, 11) is 0. The number of fused-ring (bicyclic) bond motifs is 2. The molecule has 5 rings (SSSR count). The Balaban J connectivity index is 0.000000541. The molecule has 0 aromatic heterocycles. The number of anilines is 1. The zero-order valence-corrected chi connectivity index (χ0v) is 25.1. The number of halogens is 6.